The number of rotatable bonds is 2. The number of aryl methyl sites for hydroxylation is 1. The zero-order chi connectivity index (χ0) is 14.1. The lowest BCUT2D eigenvalue weighted by Crippen LogP contribution is -2.32. The van der Waals surface area contributed by atoms with Gasteiger partial charge in [-0.2, -0.15) is 0 Å². The third-order valence-electron chi connectivity index (χ3n) is 3.45. The van der Waals surface area contributed by atoms with Crippen LogP contribution in [0.15, 0.2) is 18.2 Å². The fourth-order valence-electron chi connectivity index (χ4n) is 2.60. The highest BCUT2D eigenvalue weighted by molar-refractivity contribution is 7.73. The van der Waals surface area contributed by atoms with Crippen molar-refractivity contribution in [3.8, 4) is 0 Å². The summed E-state index contributed by atoms with van der Waals surface area (Å²) in [6.45, 7) is 0. The molecule has 0 atom stereocenters. The van der Waals surface area contributed by atoms with E-state index in [2.05, 4.69) is 16.3 Å². The Bertz CT molecular complexity index is 706. The minimum Gasteiger partial charge on any atom is -0.351 e. The number of H-pyrrole nitrogens is 1. The van der Waals surface area contributed by atoms with E-state index in [-0.39, 0.29) is 0 Å². The van der Waals surface area contributed by atoms with Crippen LogP contribution in [0.3, 0.4) is 0 Å². The number of nitrogens with one attached hydrogen (secondary N) is 1. The SMILES string of the molecule is NC(=O)N(c1n[nH]c(=S)s1)c1cccc2c1CCCC2. The number of amides is 2. The smallest absolute Gasteiger partial charge is 0.325 e. The van der Waals surface area contributed by atoms with Crippen LogP contribution < -0.4 is 10.6 Å². The van der Waals surface area contributed by atoms with Crippen molar-refractivity contribution in [1.82, 2.24) is 10.2 Å². The summed E-state index contributed by atoms with van der Waals surface area (Å²) in [5, 5.41) is 7.25. The molecule has 0 unspecified atom stereocenters. The van der Waals surface area contributed by atoms with Gasteiger partial charge in [0.2, 0.25) is 5.13 Å². The highest BCUT2D eigenvalue weighted by atomic mass is 32.1. The number of carbonyl (C=O) groups is 1. The molecule has 0 fully saturated rings. The largest absolute Gasteiger partial charge is 0.351 e. The minimum atomic E-state index is -0.540. The Hall–Kier alpha value is -1.73. The van der Waals surface area contributed by atoms with Gasteiger partial charge in [-0.05, 0) is 55.1 Å². The summed E-state index contributed by atoms with van der Waals surface area (Å²) in [7, 11) is 0. The van der Waals surface area contributed by atoms with Gasteiger partial charge in [0.15, 0.2) is 3.95 Å². The van der Waals surface area contributed by atoms with E-state index < -0.39 is 6.03 Å². The Balaban J connectivity index is 2.13. The number of primary amides is 1. The molecule has 0 radical (unpaired) electrons. The lowest BCUT2D eigenvalue weighted by atomic mass is 9.90. The summed E-state index contributed by atoms with van der Waals surface area (Å²) < 4.78 is 0.524. The Morgan fingerprint density at radius 2 is 2.20 bits per heavy atom. The summed E-state index contributed by atoms with van der Waals surface area (Å²) in [4.78, 5) is 13.3. The van der Waals surface area contributed by atoms with E-state index >= 15 is 0 Å². The van der Waals surface area contributed by atoms with Crippen molar-refractivity contribution in [1.29, 1.82) is 0 Å². The van der Waals surface area contributed by atoms with Gasteiger partial charge in [0.1, 0.15) is 0 Å². The van der Waals surface area contributed by atoms with Crippen molar-refractivity contribution < 1.29 is 4.79 Å². The number of fused-ring (bicyclic) bond motifs is 1. The van der Waals surface area contributed by atoms with Gasteiger partial charge in [0.25, 0.3) is 0 Å². The molecule has 0 aliphatic heterocycles. The van der Waals surface area contributed by atoms with E-state index in [4.69, 9.17) is 18.0 Å². The van der Waals surface area contributed by atoms with Crippen LogP contribution in [0, 0.1) is 3.95 Å². The highest BCUT2D eigenvalue weighted by Gasteiger charge is 2.23. The van der Waals surface area contributed by atoms with E-state index in [1.54, 1.807) is 0 Å². The maximum Gasteiger partial charge on any atom is 0.325 e. The molecule has 20 heavy (non-hydrogen) atoms. The maximum absolute atomic E-state index is 11.9. The number of urea groups is 1. The Labute approximate surface area is 125 Å². The molecule has 3 rings (SSSR count). The fourth-order valence-corrected chi connectivity index (χ4v) is 3.50. The first-order chi connectivity index (χ1) is 9.66. The van der Waals surface area contributed by atoms with Crippen molar-refractivity contribution >= 4 is 40.4 Å². The first kappa shape index (κ1) is 13.3. The zero-order valence-electron chi connectivity index (χ0n) is 10.8. The highest BCUT2D eigenvalue weighted by Crippen LogP contribution is 2.35. The third kappa shape index (κ3) is 2.34. The molecule has 1 aromatic heterocycles. The van der Waals surface area contributed by atoms with Gasteiger partial charge in [-0.25, -0.2) is 9.69 Å². The topological polar surface area (TPSA) is 75.0 Å². The lowest BCUT2D eigenvalue weighted by Gasteiger charge is -2.24. The number of benzene rings is 1. The Morgan fingerprint density at radius 3 is 2.90 bits per heavy atom. The van der Waals surface area contributed by atoms with Crippen molar-refractivity contribution in [3.05, 3.63) is 33.3 Å². The summed E-state index contributed by atoms with van der Waals surface area (Å²) in [5.74, 6) is 0. The molecule has 3 N–H and O–H groups in total. The van der Waals surface area contributed by atoms with Crippen LogP contribution in [0.5, 0.6) is 0 Å². The molecule has 1 heterocycles. The molecule has 1 aromatic carbocycles. The molecule has 0 saturated heterocycles. The number of hydrogen-bond acceptors (Lipinski definition) is 4. The van der Waals surface area contributed by atoms with Gasteiger partial charge in [0, 0.05) is 0 Å². The Morgan fingerprint density at radius 1 is 1.40 bits per heavy atom. The molecule has 5 nitrogen and oxygen atoms in total. The molecule has 1 aliphatic rings. The monoisotopic (exact) mass is 306 g/mol. The quantitative estimate of drug-likeness (QED) is 0.836. The number of anilines is 2. The molecule has 0 saturated carbocycles. The van der Waals surface area contributed by atoms with Crippen molar-refractivity contribution in [2.45, 2.75) is 25.7 Å². The second kappa shape index (κ2) is 5.34. The average Bonchev–Trinajstić information content (AvgIpc) is 2.85. The zero-order valence-corrected chi connectivity index (χ0v) is 12.4. The second-order valence-electron chi connectivity index (χ2n) is 4.69. The summed E-state index contributed by atoms with van der Waals surface area (Å²) in [6, 6.07) is 5.45. The summed E-state index contributed by atoms with van der Waals surface area (Å²) >= 11 is 6.27. The second-order valence-corrected chi connectivity index (χ2v) is 6.34. The molecular weight excluding hydrogens is 292 g/mol. The standard InChI is InChI=1S/C13H14N4OS2/c14-11(18)17(12-15-16-13(19)20-12)10-7-3-5-8-4-1-2-6-9(8)10/h3,5,7H,1-2,4,6H2,(H2,14,18)(H,16,19). The summed E-state index contributed by atoms with van der Waals surface area (Å²) in [6.07, 6.45) is 4.33. The van der Waals surface area contributed by atoms with Gasteiger partial charge in [-0.15, -0.1) is 5.10 Å². The predicted molar refractivity (Wildman–Crippen MR) is 82.1 cm³/mol. The van der Waals surface area contributed by atoms with Crippen LogP contribution in [-0.4, -0.2) is 16.2 Å². The molecular formula is C13H14N4OS2. The van der Waals surface area contributed by atoms with Gasteiger partial charge in [0.05, 0.1) is 5.69 Å². The fraction of sp³-hybridized carbons (Fsp3) is 0.308. The van der Waals surface area contributed by atoms with Crippen LogP contribution >= 0.6 is 23.6 Å². The Kier molecular flexibility index (Phi) is 3.54. The predicted octanol–water partition coefficient (Wildman–Crippen LogP) is 3.30. The van der Waals surface area contributed by atoms with Crippen molar-refractivity contribution in [2.24, 2.45) is 5.73 Å². The van der Waals surface area contributed by atoms with Gasteiger partial charge >= 0.3 is 6.03 Å². The number of nitrogens with two attached hydrogens (primary N) is 1. The molecule has 2 amide bonds. The van der Waals surface area contributed by atoms with Crippen LogP contribution in [0.1, 0.15) is 24.0 Å². The number of aromatic nitrogens is 2. The van der Waals surface area contributed by atoms with Gasteiger partial charge < -0.3 is 5.73 Å². The average molecular weight is 306 g/mol. The number of nitrogens with zero attached hydrogens (tertiary/aromatic N) is 2. The minimum absolute atomic E-state index is 0.487. The molecule has 1 aliphatic carbocycles. The normalized spacial score (nSPS) is 13.8. The summed E-state index contributed by atoms with van der Waals surface area (Å²) in [5.41, 5.74) is 8.86. The van der Waals surface area contributed by atoms with Crippen LogP contribution in [0.4, 0.5) is 15.6 Å². The molecule has 7 heteroatoms. The number of aromatic amines is 1. The van der Waals surface area contributed by atoms with Crippen molar-refractivity contribution in [2.75, 3.05) is 4.90 Å². The number of hydrogen-bond donors (Lipinski definition) is 2. The maximum atomic E-state index is 11.9. The van der Waals surface area contributed by atoms with Crippen molar-refractivity contribution in [3.63, 3.8) is 0 Å². The van der Waals surface area contributed by atoms with Crippen LogP contribution in [-0.2, 0) is 12.8 Å². The van der Waals surface area contributed by atoms with E-state index in [1.807, 2.05) is 12.1 Å². The van der Waals surface area contributed by atoms with E-state index in [0.29, 0.717) is 9.09 Å². The lowest BCUT2D eigenvalue weighted by molar-refractivity contribution is 0.256. The first-order valence-electron chi connectivity index (χ1n) is 6.42. The molecule has 0 spiro atoms. The van der Waals surface area contributed by atoms with Gasteiger partial charge in [-0.3, -0.25) is 5.10 Å². The first-order valence-corrected chi connectivity index (χ1v) is 7.65. The van der Waals surface area contributed by atoms with E-state index in [1.165, 1.54) is 33.8 Å². The molecule has 2 aromatic rings. The number of carbonyl (C=O) groups excluding carboxylic acids is 1. The molecule has 104 valence electrons. The van der Waals surface area contributed by atoms with E-state index in [0.717, 1.165) is 24.9 Å². The van der Waals surface area contributed by atoms with E-state index in [9.17, 15) is 4.79 Å². The van der Waals surface area contributed by atoms with Gasteiger partial charge in [-0.1, -0.05) is 23.5 Å². The van der Waals surface area contributed by atoms with Crippen LogP contribution in [0.2, 0.25) is 0 Å². The third-order valence-corrected chi connectivity index (χ3v) is 4.53. The van der Waals surface area contributed by atoms with Crippen LogP contribution in [0.25, 0.3) is 0 Å². The molecule has 0 bridgehead atoms.